The Morgan fingerprint density at radius 2 is 1.72 bits per heavy atom. The first-order chi connectivity index (χ1) is 13.9. The van der Waals surface area contributed by atoms with Gasteiger partial charge in [0, 0.05) is 17.4 Å². The van der Waals surface area contributed by atoms with Crippen molar-refractivity contribution in [2.45, 2.75) is 13.8 Å². The minimum absolute atomic E-state index is 0.0381. The van der Waals surface area contributed by atoms with Gasteiger partial charge in [-0.25, -0.2) is 4.79 Å². The van der Waals surface area contributed by atoms with E-state index in [-0.39, 0.29) is 18.4 Å². The second-order valence-corrected chi connectivity index (χ2v) is 6.67. The monoisotopic (exact) mass is 401 g/mol. The van der Waals surface area contributed by atoms with E-state index in [1.54, 1.807) is 49.6 Å². The van der Waals surface area contributed by atoms with E-state index in [2.05, 4.69) is 16.0 Å². The highest BCUT2D eigenvalue weighted by molar-refractivity contribution is 5.95. The van der Waals surface area contributed by atoms with Gasteiger partial charge in [0.05, 0.1) is 33.1 Å². The van der Waals surface area contributed by atoms with Gasteiger partial charge in [0.1, 0.15) is 11.5 Å². The SMILES string of the molecule is COc1ccc(NC(=O)CNc2cccc(NC(=O)OCC(C)C)c2)c(OC)c1. The molecule has 2 amide bonds. The van der Waals surface area contributed by atoms with Gasteiger partial charge in [-0.2, -0.15) is 0 Å². The van der Waals surface area contributed by atoms with Crippen LogP contribution in [0.25, 0.3) is 0 Å². The fourth-order valence-electron chi connectivity index (χ4n) is 2.38. The molecule has 2 aromatic rings. The van der Waals surface area contributed by atoms with E-state index >= 15 is 0 Å². The fourth-order valence-corrected chi connectivity index (χ4v) is 2.38. The highest BCUT2D eigenvalue weighted by atomic mass is 16.5. The zero-order valence-electron chi connectivity index (χ0n) is 17.1. The van der Waals surface area contributed by atoms with Crippen LogP contribution >= 0.6 is 0 Å². The van der Waals surface area contributed by atoms with Crippen LogP contribution in [0, 0.1) is 5.92 Å². The Balaban J connectivity index is 1.89. The number of rotatable bonds is 9. The van der Waals surface area contributed by atoms with Gasteiger partial charge in [-0.1, -0.05) is 19.9 Å². The molecule has 0 aromatic heterocycles. The number of nitrogens with one attached hydrogen (secondary N) is 3. The fraction of sp³-hybridized carbons (Fsp3) is 0.333. The van der Waals surface area contributed by atoms with Crippen molar-refractivity contribution in [3.8, 4) is 11.5 Å². The summed E-state index contributed by atoms with van der Waals surface area (Å²) >= 11 is 0. The number of carbonyl (C=O) groups is 2. The maximum absolute atomic E-state index is 12.3. The van der Waals surface area contributed by atoms with E-state index in [9.17, 15) is 9.59 Å². The molecule has 2 rings (SSSR count). The van der Waals surface area contributed by atoms with Crippen LogP contribution in [0.4, 0.5) is 21.9 Å². The normalized spacial score (nSPS) is 10.2. The van der Waals surface area contributed by atoms with Gasteiger partial charge in [-0.15, -0.1) is 0 Å². The Kier molecular flexibility index (Phi) is 8.14. The number of hydrogen-bond donors (Lipinski definition) is 3. The predicted molar refractivity (Wildman–Crippen MR) is 113 cm³/mol. The van der Waals surface area contributed by atoms with E-state index in [1.807, 2.05) is 13.8 Å². The van der Waals surface area contributed by atoms with E-state index in [0.717, 1.165) is 0 Å². The number of ether oxygens (including phenoxy) is 3. The van der Waals surface area contributed by atoms with Gasteiger partial charge < -0.3 is 24.8 Å². The molecule has 0 heterocycles. The van der Waals surface area contributed by atoms with Crippen molar-refractivity contribution in [3.63, 3.8) is 0 Å². The van der Waals surface area contributed by atoms with Crippen molar-refractivity contribution >= 4 is 29.1 Å². The summed E-state index contributed by atoms with van der Waals surface area (Å²) in [6.07, 6.45) is -0.514. The molecule has 0 unspecified atom stereocenters. The van der Waals surface area contributed by atoms with Gasteiger partial charge in [0.2, 0.25) is 5.91 Å². The standard InChI is InChI=1S/C21H27N3O5/c1-14(2)13-29-21(26)23-16-7-5-6-15(10-16)22-12-20(25)24-18-9-8-17(27-3)11-19(18)28-4/h5-11,14,22H,12-13H2,1-4H3,(H,23,26)(H,24,25). The van der Waals surface area contributed by atoms with Crippen molar-refractivity contribution in [2.24, 2.45) is 5.92 Å². The summed E-state index contributed by atoms with van der Waals surface area (Å²) in [5.41, 5.74) is 1.80. The minimum Gasteiger partial charge on any atom is -0.497 e. The molecule has 0 aliphatic carbocycles. The van der Waals surface area contributed by atoms with Gasteiger partial charge in [-0.05, 0) is 36.2 Å². The Bertz CT molecular complexity index is 839. The number of benzene rings is 2. The van der Waals surface area contributed by atoms with Crippen molar-refractivity contribution < 1.29 is 23.8 Å². The molecule has 0 radical (unpaired) electrons. The second kappa shape index (κ2) is 10.8. The Morgan fingerprint density at radius 1 is 0.966 bits per heavy atom. The summed E-state index contributed by atoms with van der Waals surface area (Å²) in [7, 11) is 3.08. The van der Waals surface area contributed by atoms with Crippen molar-refractivity contribution in [1.29, 1.82) is 0 Å². The molecule has 8 heteroatoms. The molecule has 0 aliphatic heterocycles. The molecule has 0 fully saturated rings. The third-order valence-electron chi connectivity index (χ3n) is 3.79. The highest BCUT2D eigenvalue weighted by Gasteiger charge is 2.10. The first kappa shape index (κ1) is 21.9. The first-order valence-corrected chi connectivity index (χ1v) is 9.21. The summed E-state index contributed by atoms with van der Waals surface area (Å²) in [6, 6.07) is 12.2. The molecule has 0 bridgehead atoms. The lowest BCUT2D eigenvalue weighted by molar-refractivity contribution is -0.114. The third-order valence-corrected chi connectivity index (χ3v) is 3.79. The maximum Gasteiger partial charge on any atom is 0.411 e. The maximum atomic E-state index is 12.3. The van der Waals surface area contributed by atoms with Crippen LogP contribution in [0.1, 0.15) is 13.8 Å². The topological polar surface area (TPSA) is 97.9 Å². The summed E-state index contributed by atoms with van der Waals surface area (Å²) in [5, 5.41) is 8.47. The van der Waals surface area contributed by atoms with E-state index in [0.29, 0.717) is 35.2 Å². The summed E-state index contributed by atoms with van der Waals surface area (Å²) in [5.74, 6) is 1.15. The summed E-state index contributed by atoms with van der Waals surface area (Å²) in [6.45, 7) is 4.31. The van der Waals surface area contributed by atoms with Gasteiger partial charge in [0.25, 0.3) is 0 Å². The molecule has 156 valence electrons. The zero-order valence-corrected chi connectivity index (χ0v) is 17.1. The molecule has 0 atom stereocenters. The molecular weight excluding hydrogens is 374 g/mol. The van der Waals surface area contributed by atoms with Crippen LogP contribution in [0.5, 0.6) is 11.5 Å². The number of hydrogen-bond acceptors (Lipinski definition) is 6. The summed E-state index contributed by atoms with van der Waals surface area (Å²) in [4.78, 5) is 24.0. The first-order valence-electron chi connectivity index (χ1n) is 9.21. The largest absolute Gasteiger partial charge is 0.497 e. The van der Waals surface area contributed by atoms with Crippen LogP contribution in [0.2, 0.25) is 0 Å². The Morgan fingerprint density at radius 3 is 2.41 bits per heavy atom. The Labute approximate surface area is 170 Å². The second-order valence-electron chi connectivity index (χ2n) is 6.67. The third kappa shape index (κ3) is 7.25. The Hall–Kier alpha value is -3.42. The average molecular weight is 401 g/mol. The van der Waals surface area contributed by atoms with Crippen LogP contribution < -0.4 is 25.4 Å². The molecule has 0 saturated carbocycles. The minimum atomic E-state index is -0.514. The number of amides is 2. The van der Waals surface area contributed by atoms with Gasteiger partial charge in [-0.3, -0.25) is 10.1 Å². The molecular formula is C21H27N3O5. The summed E-state index contributed by atoms with van der Waals surface area (Å²) < 4.78 is 15.5. The van der Waals surface area contributed by atoms with Crippen molar-refractivity contribution in [2.75, 3.05) is 43.3 Å². The smallest absolute Gasteiger partial charge is 0.411 e. The molecule has 29 heavy (non-hydrogen) atoms. The number of carbonyl (C=O) groups excluding carboxylic acids is 2. The van der Waals surface area contributed by atoms with Gasteiger partial charge >= 0.3 is 6.09 Å². The van der Waals surface area contributed by atoms with Crippen molar-refractivity contribution in [1.82, 2.24) is 0 Å². The zero-order chi connectivity index (χ0) is 21.2. The number of methoxy groups -OCH3 is 2. The average Bonchev–Trinajstić information content (AvgIpc) is 2.71. The van der Waals surface area contributed by atoms with Crippen LogP contribution in [-0.4, -0.2) is 39.4 Å². The van der Waals surface area contributed by atoms with Gasteiger partial charge in [0.15, 0.2) is 0 Å². The predicted octanol–water partition coefficient (Wildman–Crippen LogP) is 3.96. The molecule has 0 spiro atoms. The lowest BCUT2D eigenvalue weighted by Crippen LogP contribution is -2.22. The van der Waals surface area contributed by atoms with Crippen LogP contribution in [-0.2, 0) is 9.53 Å². The lowest BCUT2D eigenvalue weighted by atomic mass is 10.2. The molecule has 0 aliphatic rings. The van der Waals surface area contributed by atoms with E-state index in [1.165, 1.54) is 7.11 Å². The van der Waals surface area contributed by atoms with E-state index < -0.39 is 6.09 Å². The molecule has 0 saturated heterocycles. The van der Waals surface area contributed by atoms with Crippen LogP contribution in [0.3, 0.4) is 0 Å². The molecule has 2 aromatic carbocycles. The molecule has 3 N–H and O–H groups in total. The van der Waals surface area contributed by atoms with E-state index in [4.69, 9.17) is 14.2 Å². The van der Waals surface area contributed by atoms with Crippen LogP contribution in [0.15, 0.2) is 42.5 Å². The number of anilines is 3. The highest BCUT2D eigenvalue weighted by Crippen LogP contribution is 2.28. The lowest BCUT2D eigenvalue weighted by Gasteiger charge is -2.13. The van der Waals surface area contributed by atoms with Crippen molar-refractivity contribution in [3.05, 3.63) is 42.5 Å². The quantitative estimate of drug-likeness (QED) is 0.588. The molecule has 8 nitrogen and oxygen atoms in total.